The molecule has 1 aromatic carbocycles. The van der Waals surface area contributed by atoms with Crippen molar-refractivity contribution in [1.29, 1.82) is 0 Å². The van der Waals surface area contributed by atoms with Gasteiger partial charge in [0.2, 0.25) is 0 Å². The van der Waals surface area contributed by atoms with E-state index in [1.165, 1.54) is 22.7 Å². The van der Waals surface area contributed by atoms with Crippen molar-refractivity contribution in [3.05, 3.63) is 56.1 Å². The molecule has 7 nitrogen and oxygen atoms in total. The summed E-state index contributed by atoms with van der Waals surface area (Å²) in [4.78, 5) is 35.8. The molecular formula is C27H27F2N3O4S2. The van der Waals surface area contributed by atoms with E-state index in [4.69, 9.17) is 14.5 Å². The topological polar surface area (TPSA) is 84.5 Å². The zero-order chi connectivity index (χ0) is 27.4. The Balaban J connectivity index is 1.66. The van der Waals surface area contributed by atoms with Gasteiger partial charge < -0.3 is 19.4 Å². The Morgan fingerprint density at radius 2 is 1.97 bits per heavy atom. The van der Waals surface area contributed by atoms with Crippen molar-refractivity contribution < 1.29 is 23.0 Å². The number of thiazole rings is 1. The van der Waals surface area contributed by atoms with E-state index in [2.05, 4.69) is 4.98 Å². The lowest BCUT2D eigenvalue weighted by molar-refractivity contribution is 0.0225. The normalized spacial score (nSPS) is 13.7. The lowest BCUT2D eigenvalue weighted by Crippen LogP contribution is -2.39. The number of benzene rings is 1. The van der Waals surface area contributed by atoms with Crippen LogP contribution in [0.4, 0.5) is 13.6 Å². The van der Waals surface area contributed by atoms with Gasteiger partial charge in [0.1, 0.15) is 28.0 Å². The number of nitrogens with zero attached hydrogens (tertiary/aromatic N) is 2. The van der Waals surface area contributed by atoms with Gasteiger partial charge in [0, 0.05) is 35.5 Å². The standard InChI is InChI=1S/C27H27F2N3O4S2/c1-13(2)35-18-11-14(28)10-16(29)20(18)21-22(31-24(33)15-7-9-37-23(15)21)25-30-17-6-8-32(12-19(17)38-25)26(34)36-27(3,4)5/h7,9-11,13H,6,8,12H2,1-5H3,(H,31,33). The number of ether oxygens (including phenoxy) is 2. The average molecular weight is 560 g/mol. The van der Waals surface area contributed by atoms with Crippen LogP contribution in [0.1, 0.15) is 45.2 Å². The average Bonchev–Trinajstić information content (AvgIpc) is 3.45. The van der Waals surface area contributed by atoms with Crippen LogP contribution in [0.15, 0.2) is 28.4 Å². The molecule has 0 fully saturated rings. The highest BCUT2D eigenvalue weighted by atomic mass is 32.1. The molecule has 1 aliphatic rings. The monoisotopic (exact) mass is 559 g/mol. The highest BCUT2D eigenvalue weighted by molar-refractivity contribution is 7.18. The fraction of sp³-hybridized carbons (Fsp3) is 0.370. The first-order valence-corrected chi connectivity index (χ1v) is 13.9. The van der Waals surface area contributed by atoms with Gasteiger partial charge in [-0.1, -0.05) is 0 Å². The molecule has 0 unspecified atom stereocenters. The van der Waals surface area contributed by atoms with Crippen LogP contribution in [-0.2, 0) is 17.7 Å². The Kier molecular flexibility index (Phi) is 6.77. The number of fused-ring (bicyclic) bond motifs is 2. The van der Waals surface area contributed by atoms with Gasteiger partial charge in [-0.05, 0) is 46.1 Å². The Morgan fingerprint density at radius 3 is 2.68 bits per heavy atom. The van der Waals surface area contributed by atoms with Crippen molar-refractivity contribution in [2.75, 3.05) is 6.54 Å². The second kappa shape index (κ2) is 9.77. The van der Waals surface area contributed by atoms with Crippen molar-refractivity contribution in [2.24, 2.45) is 0 Å². The molecule has 4 aromatic rings. The zero-order valence-corrected chi connectivity index (χ0v) is 23.2. The summed E-state index contributed by atoms with van der Waals surface area (Å²) in [5, 5.41) is 2.62. The molecule has 0 saturated carbocycles. The first kappa shape index (κ1) is 26.3. The molecule has 1 aliphatic heterocycles. The quantitative estimate of drug-likeness (QED) is 0.299. The second-order valence-electron chi connectivity index (χ2n) is 10.3. The number of thiophene rings is 1. The maximum atomic E-state index is 15.5. The van der Waals surface area contributed by atoms with Crippen molar-refractivity contribution >= 4 is 38.9 Å². The van der Waals surface area contributed by atoms with Crippen molar-refractivity contribution in [2.45, 2.75) is 59.3 Å². The lowest BCUT2D eigenvalue weighted by Gasteiger charge is -2.29. The third kappa shape index (κ3) is 5.04. The van der Waals surface area contributed by atoms with E-state index < -0.39 is 23.3 Å². The summed E-state index contributed by atoms with van der Waals surface area (Å²) in [5.41, 5.74) is 0.626. The molecule has 0 saturated heterocycles. The number of nitrogens with one attached hydrogen (secondary N) is 1. The molecule has 0 radical (unpaired) electrons. The van der Waals surface area contributed by atoms with Crippen LogP contribution in [0, 0.1) is 11.6 Å². The van der Waals surface area contributed by atoms with E-state index >= 15 is 4.39 Å². The van der Waals surface area contributed by atoms with Crippen molar-refractivity contribution in [3.63, 3.8) is 0 Å². The number of carbonyl (C=O) groups is 1. The molecule has 1 amide bonds. The summed E-state index contributed by atoms with van der Waals surface area (Å²) in [6.45, 7) is 9.74. The Morgan fingerprint density at radius 1 is 1.21 bits per heavy atom. The third-order valence-electron chi connectivity index (χ3n) is 5.85. The van der Waals surface area contributed by atoms with E-state index in [1.807, 2.05) is 20.8 Å². The summed E-state index contributed by atoms with van der Waals surface area (Å²) >= 11 is 2.61. The fourth-order valence-electron chi connectivity index (χ4n) is 4.36. The zero-order valence-electron chi connectivity index (χ0n) is 21.6. The highest BCUT2D eigenvalue weighted by Crippen LogP contribution is 2.45. The maximum Gasteiger partial charge on any atom is 0.410 e. The summed E-state index contributed by atoms with van der Waals surface area (Å²) < 4.78 is 41.6. The smallest absolute Gasteiger partial charge is 0.410 e. The van der Waals surface area contributed by atoms with E-state index in [9.17, 15) is 14.0 Å². The van der Waals surface area contributed by atoms with Crippen molar-refractivity contribution in [3.8, 4) is 27.6 Å². The van der Waals surface area contributed by atoms with Crippen LogP contribution in [0.5, 0.6) is 5.75 Å². The summed E-state index contributed by atoms with van der Waals surface area (Å²) in [5.74, 6) is -1.53. The van der Waals surface area contributed by atoms with Gasteiger partial charge in [-0.15, -0.1) is 22.7 Å². The van der Waals surface area contributed by atoms with Crippen LogP contribution in [0.3, 0.4) is 0 Å². The number of H-pyrrole nitrogens is 1. The number of amides is 1. The minimum absolute atomic E-state index is 0.0397. The molecule has 5 rings (SSSR count). The molecule has 200 valence electrons. The number of hydrogen-bond acceptors (Lipinski definition) is 7. The summed E-state index contributed by atoms with van der Waals surface area (Å²) in [7, 11) is 0. The first-order chi connectivity index (χ1) is 17.9. The van der Waals surface area contributed by atoms with Gasteiger partial charge in [-0.3, -0.25) is 4.79 Å². The second-order valence-corrected chi connectivity index (χ2v) is 12.3. The lowest BCUT2D eigenvalue weighted by atomic mass is 10.0. The van der Waals surface area contributed by atoms with Gasteiger partial charge in [-0.2, -0.15) is 0 Å². The number of pyridine rings is 1. The van der Waals surface area contributed by atoms with Crippen LogP contribution < -0.4 is 10.3 Å². The molecule has 38 heavy (non-hydrogen) atoms. The summed E-state index contributed by atoms with van der Waals surface area (Å²) in [6, 6.07) is 3.63. The highest BCUT2D eigenvalue weighted by Gasteiger charge is 2.30. The largest absolute Gasteiger partial charge is 0.490 e. The Bertz CT molecular complexity index is 1600. The van der Waals surface area contributed by atoms with E-state index in [-0.39, 0.29) is 23.0 Å². The van der Waals surface area contributed by atoms with Gasteiger partial charge in [0.05, 0.1) is 39.7 Å². The number of carbonyl (C=O) groups excluding carboxylic acids is 1. The van der Waals surface area contributed by atoms with Gasteiger partial charge in [0.15, 0.2) is 0 Å². The number of rotatable bonds is 4. The minimum atomic E-state index is -0.805. The van der Waals surface area contributed by atoms with E-state index in [1.54, 1.807) is 30.2 Å². The van der Waals surface area contributed by atoms with Crippen LogP contribution in [0.2, 0.25) is 0 Å². The molecule has 11 heteroatoms. The molecule has 4 heterocycles. The molecule has 3 aromatic heterocycles. The number of aromatic nitrogens is 2. The third-order valence-corrected chi connectivity index (χ3v) is 7.89. The molecule has 1 N–H and O–H groups in total. The molecule has 0 spiro atoms. The maximum absolute atomic E-state index is 15.5. The number of aromatic amines is 1. The molecule has 0 aliphatic carbocycles. The van der Waals surface area contributed by atoms with Gasteiger partial charge >= 0.3 is 6.09 Å². The van der Waals surface area contributed by atoms with Gasteiger partial charge in [0.25, 0.3) is 5.56 Å². The van der Waals surface area contributed by atoms with Crippen LogP contribution >= 0.6 is 22.7 Å². The van der Waals surface area contributed by atoms with Gasteiger partial charge in [-0.25, -0.2) is 18.6 Å². The van der Waals surface area contributed by atoms with Crippen LogP contribution in [0.25, 0.3) is 31.9 Å². The number of hydrogen-bond donors (Lipinski definition) is 1. The predicted molar refractivity (Wildman–Crippen MR) is 145 cm³/mol. The number of halogens is 2. The summed E-state index contributed by atoms with van der Waals surface area (Å²) in [6.07, 6.45) is -0.236. The SMILES string of the molecule is CC(C)Oc1cc(F)cc(F)c1-c1c(-c2nc3c(s2)CN(C(=O)OC(C)(C)C)CC3)[nH]c(=O)c2ccsc12. The van der Waals surface area contributed by atoms with E-state index in [0.717, 1.165) is 22.7 Å². The minimum Gasteiger partial charge on any atom is -0.490 e. The van der Waals surface area contributed by atoms with Crippen molar-refractivity contribution in [1.82, 2.24) is 14.9 Å². The molecule has 0 atom stereocenters. The fourth-order valence-corrected chi connectivity index (χ4v) is 6.44. The Labute approximate surface area is 226 Å². The van der Waals surface area contributed by atoms with E-state index in [0.29, 0.717) is 45.9 Å². The molecule has 0 bridgehead atoms. The Hall–Kier alpha value is -3.31. The molecular weight excluding hydrogens is 532 g/mol. The predicted octanol–water partition coefficient (Wildman–Crippen LogP) is 6.74. The van der Waals surface area contributed by atoms with Crippen LogP contribution in [-0.4, -0.2) is 39.2 Å². The first-order valence-electron chi connectivity index (χ1n) is 12.2.